The summed E-state index contributed by atoms with van der Waals surface area (Å²) < 4.78 is 0. The van der Waals surface area contributed by atoms with Gasteiger partial charge in [-0.15, -0.1) is 21.5 Å². The van der Waals surface area contributed by atoms with Gasteiger partial charge >= 0.3 is 0 Å². The molecular weight excluding hydrogens is 402 g/mol. The Labute approximate surface area is 168 Å². The van der Waals surface area contributed by atoms with Crippen molar-refractivity contribution in [1.82, 2.24) is 10.2 Å². The molecule has 0 saturated heterocycles. The number of nitrogens with zero attached hydrogens (tertiary/aromatic N) is 2. The van der Waals surface area contributed by atoms with E-state index in [0.29, 0.717) is 10.0 Å². The summed E-state index contributed by atoms with van der Waals surface area (Å²) in [6.45, 7) is 1.94. The Morgan fingerprint density at radius 1 is 1.00 bits per heavy atom. The summed E-state index contributed by atoms with van der Waals surface area (Å²) in [7, 11) is 0. The average Bonchev–Trinajstić information content (AvgIpc) is 3.39. The van der Waals surface area contributed by atoms with Crippen molar-refractivity contribution in [1.29, 1.82) is 0 Å². The van der Waals surface area contributed by atoms with Crippen LogP contribution in [0.5, 0.6) is 0 Å². The molecule has 0 fully saturated rings. The molecule has 3 heterocycles. The van der Waals surface area contributed by atoms with Gasteiger partial charge in [-0.2, -0.15) is 11.3 Å². The number of thiophene rings is 2. The van der Waals surface area contributed by atoms with Crippen LogP contribution in [-0.2, 0) is 9.59 Å². The number of nitrogens with one attached hydrogen (secondary N) is 1. The second-order valence-corrected chi connectivity index (χ2v) is 8.89. The number of aromatic nitrogens is 2. The lowest BCUT2D eigenvalue weighted by Gasteiger charge is -2.01. The van der Waals surface area contributed by atoms with Gasteiger partial charge in [-0.25, -0.2) is 0 Å². The Morgan fingerprint density at radius 3 is 2.52 bits per heavy atom. The number of rotatable bonds is 9. The summed E-state index contributed by atoms with van der Waals surface area (Å²) in [5.41, 5.74) is 0.971. The highest BCUT2D eigenvalue weighted by Crippen LogP contribution is 2.27. The maximum atomic E-state index is 12.0. The van der Waals surface area contributed by atoms with Gasteiger partial charge in [-0.1, -0.05) is 11.3 Å². The van der Waals surface area contributed by atoms with Crippen molar-refractivity contribution < 1.29 is 14.4 Å². The summed E-state index contributed by atoms with van der Waals surface area (Å²) in [5, 5.41) is 15.7. The molecule has 0 aliphatic heterocycles. The van der Waals surface area contributed by atoms with Gasteiger partial charge < -0.3 is 5.32 Å². The highest BCUT2D eigenvalue weighted by Gasteiger charge is 2.14. The van der Waals surface area contributed by atoms with Gasteiger partial charge in [-0.3, -0.25) is 14.4 Å². The third-order valence-corrected chi connectivity index (χ3v) is 6.33. The Kier molecular flexibility index (Phi) is 6.59. The number of carbonyl (C=O) groups excluding carboxylic acids is 3. The van der Waals surface area contributed by atoms with Gasteiger partial charge in [0.25, 0.3) is 0 Å². The van der Waals surface area contributed by atoms with Crippen molar-refractivity contribution in [3.63, 3.8) is 0 Å². The average molecular weight is 420 g/mol. The number of anilines is 1. The molecule has 0 aliphatic carbocycles. The first-order valence-corrected chi connectivity index (χ1v) is 10.9. The van der Waals surface area contributed by atoms with Crippen molar-refractivity contribution >= 4 is 56.6 Å². The third-order valence-electron chi connectivity index (χ3n) is 3.72. The molecule has 3 aromatic rings. The zero-order chi connectivity index (χ0) is 19.2. The summed E-state index contributed by atoms with van der Waals surface area (Å²) in [6.07, 6.45) is 0.516. The number of Topliss-reactive ketones (excluding diaryl/α,β-unsaturated/α-hetero) is 2. The minimum Gasteiger partial charge on any atom is -0.301 e. The van der Waals surface area contributed by atoms with Crippen molar-refractivity contribution in [3.05, 3.63) is 38.7 Å². The molecule has 0 radical (unpaired) electrons. The molecule has 3 rings (SSSR count). The highest BCUT2D eigenvalue weighted by molar-refractivity contribution is 7.19. The van der Waals surface area contributed by atoms with Gasteiger partial charge in [0, 0.05) is 41.5 Å². The van der Waals surface area contributed by atoms with Crippen LogP contribution in [0.25, 0.3) is 10.6 Å². The van der Waals surface area contributed by atoms with E-state index in [4.69, 9.17) is 0 Å². The molecular formula is C18H17N3O3S3. The van der Waals surface area contributed by atoms with Crippen molar-refractivity contribution in [3.8, 4) is 10.6 Å². The van der Waals surface area contributed by atoms with Crippen LogP contribution in [0, 0.1) is 6.92 Å². The van der Waals surface area contributed by atoms with Crippen LogP contribution in [0.15, 0.2) is 29.0 Å². The van der Waals surface area contributed by atoms with E-state index >= 15 is 0 Å². The number of hydrogen-bond acceptors (Lipinski definition) is 8. The third kappa shape index (κ3) is 5.62. The van der Waals surface area contributed by atoms with E-state index in [-0.39, 0.29) is 43.2 Å². The van der Waals surface area contributed by atoms with Gasteiger partial charge in [-0.05, 0) is 30.5 Å². The van der Waals surface area contributed by atoms with Gasteiger partial charge in [0.2, 0.25) is 11.0 Å². The standard InChI is InChI=1S/C18H17N3O3S3/c1-11-2-6-15(26-11)14(23)5-3-13(22)4-7-16(24)19-18-21-20-17(27-18)12-8-9-25-10-12/h2,6,8-10H,3-5,7H2,1H3,(H,19,21,24). The second-order valence-electron chi connectivity index (χ2n) is 5.84. The molecule has 3 aromatic heterocycles. The van der Waals surface area contributed by atoms with E-state index in [1.54, 1.807) is 17.4 Å². The van der Waals surface area contributed by atoms with Crippen LogP contribution in [0.2, 0.25) is 0 Å². The molecule has 0 atom stereocenters. The maximum absolute atomic E-state index is 12.0. The van der Waals surface area contributed by atoms with E-state index in [0.717, 1.165) is 15.4 Å². The Bertz CT molecular complexity index is 944. The summed E-state index contributed by atoms with van der Waals surface area (Å²) in [5.74, 6) is -0.402. The summed E-state index contributed by atoms with van der Waals surface area (Å²) in [6, 6.07) is 5.61. The van der Waals surface area contributed by atoms with Crippen LogP contribution >= 0.6 is 34.0 Å². The predicted octanol–water partition coefficient (Wildman–Crippen LogP) is 4.59. The van der Waals surface area contributed by atoms with E-state index in [9.17, 15) is 14.4 Å². The van der Waals surface area contributed by atoms with Crippen molar-refractivity contribution in [2.45, 2.75) is 32.6 Å². The zero-order valence-corrected chi connectivity index (χ0v) is 17.0. The Morgan fingerprint density at radius 2 is 1.81 bits per heavy atom. The molecule has 1 N–H and O–H groups in total. The number of carbonyl (C=O) groups is 3. The molecule has 6 nitrogen and oxygen atoms in total. The molecule has 0 spiro atoms. The molecule has 9 heteroatoms. The van der Waals surface area contributed by atoms with Gasteiger partial charge in [0.15, 0.2) is 5.78 Å². The van der Waals surface area contributed by atoms with Crippen LogP contribution < -0.4 is 5.32 Å². The van der Waals surface area contributed by atoms with E-state index < -0.39 is 0 Å². The molecule has 0 aromatic carbocycles. The van der Waals surface area contributed by atoms with Crippen molar-refractivity contribution in [2.24, 2.45) is 0 Å². The lowest BCUT2D eigenvalue weighted by atomic mass is 10.1. The molecule has 1 amide bonds. The molecule has 140 valence electrons. The zero-order valence-electron chi connectivity index (χ0n) is 14.6. The first-order chi connectivity index (χ1) is 13.0. The van der Waals surface area contributed by atoms with Crippen LogP contribution in [-0.4, -0.2) is 27.7 Å². The monoisotopic (exact) mass is 419 g/mol. The minimum absolute atomic E-state index is 0.0271. The van der Waals surface area contributed by atoms with Crippen LogP contribution in [0.1, 0.15) is 40.2 Å². The van der Waals surface area contributed by atoms with Crippen LogP contribution in [0.3, 0.4) is 0 Å². The highest BCUT2D eigenvalue weighted by atomic mass is 32.1. The first-order valence-electron chi connectivity index (χ1n) is 8.28. The number of hydrogen-bond donors (Lipinski definition) is 1. The number of aryl methyl sites for hydroxylation is 1. The van der Waals surface area contributed by atoms with Crippen LogP contribution in [0.4, 0.5) is 5.13 Å². The second kappa shape index (κ2) is 9.12. The topological polar surface area (TPSA) is 89.0 Å². The fourth-order valence-electron chi connectivity index (χ4n) is 2.30. The Balaban J connectivity index is 1.40. The number of ketones is 2. The van der Waals surface area contributed by atoms with E-state index in [1.807, 2.05) is 29.8 Å². The van der Waals surface area contributed by atoms with Gasteiger partial charge in [0.05, 0.1) is 4.88 Å². The molecule has 0 unspecified atom stereocenters. The largest absolute Gasteiger partial charge is 0.301 e. The summed E-state index contributed by atoms with van der Waals surface area (Å²) >= 11 is 4.29. The molecule has 0 bridgehead atoms. The molecule has 27 heavy (non-hydrogen) atoms. The smallest absolute Gasteiger partial charge is 0.226 e. The Hall–Kier alpha value is -2.23. The van der Waals surface area contributed by atoms with E-state index in [2.05, 4.69) is 15.5 Å². The quantitative estimate of drug-likeness (QED) is 0.513. The fraction of sp³-hybridized carbons (Fsp3) is 0.278. The maximum Gasteiger partial charge on any atom is 0.226 e. The normalized spacial score (nSPS) is 10.7. The molecule has 0 aliphatic rings. The lowest BCUT2D eigenvalue weighted by Crippen LogP contribution is -2.13. The number of amides is 1. The fourth-order valence-corrected chi connectivity index (χ4v) is 4.60. The predicted molar refractivity (Wildman–Crippen MR) is 109 cm³/mol. The van der Waals surface area contributed by atoms with Gasteiger partial charge in [0.1, 0.15) is 10.8 Å². The first kappa shape index (κ1) is 19.5. The SMILES string of the molecule is Cc1ccc(C(=O)CCC(=O)CCC(=O)Nc2nnc(-c3ccsc3)s2)s1. The molecule has 0 saturated carbocycles. The summed E-state index contributed by atoms with van der Waals surface area (Å²) in [4.78, 5) is 37.7. The lowest BCUT2D eigenvalue weighted by molar-refractivity contribution is -0.122. The van der Waals surface area contributed by atoms with Crippen molar-refractivity contribution in [2.75, 3.05) is 5.32 Å². The van der Waals surface area contributed by atoms with E-state index in [1.165, 1.54) is 22.7 Å². The minimum atomic E-state index is -0.281.